The number of thioether (sulfide) groups is 1. The van der Waals surface area contributed by atoms with Crippen LogP contribution in [0.5, 0.6) is 0 Å². The zero-order valence-electron chi connectivity index (χ0n) is 11.6. The lowest BCUT2D eigenvalue weighted by atomic mass is 10.2. The van der Waals surface area contributed by atoms with E-state index in [-0.39, 0.29) is 5.91 Å². The first kappa shape index (κ1) is 13.6. The van der Waals surface area contributed by atoms with Gasteiger partial charge in [0, 0.05) is 13.2 Å². The first-order valence-electron chi connectivity index (χ1n) is 6.29. The van der Waals surface area contributed by atoms with Crippen LogP contribution in [-0.2, 0) is 7.05 Å². The SMILES string of the molecule is CSc1ncccc1C(=O)Nc1cccc2nn(C)nc12. The highest BCUT2D eigenvalue weighted by Gasteiger charge is 2.14. The number of carbonyl (C=O) groups excluding carboxylic acids is 1. The standard InChI is InChI=1S/C14H13N5OS/c1-19-17-11-7-3-6-10(12(11)18-19)16-13(20)9-5-4-8-15-14(9)21-2/h3-8H,1-2H3,(H,16,20). The molecule has 21 heavy (non-hydrogen) atoms. The van der Waals surface area contributed by atoms with Crippen LogP contribution < -0.4 is 5.32 Å². The molecule has 0 aliphatic rings. The zero-order valence-corrected chi connectivity index (χ0v) is 12.4. The molecule has 1 aromatic carbocycles. The van der Waals surface area contributed by atoms with Gasteiger partial charge in [-0.1, -0.05) is 6.07 Å². The molecule has 0 saturated carbocycles. The Morgan fingerprint density at radius 3 is 2.90 bits per heavy atom. The number of anilines is 1. The fourth-order valence-corrected chi connectivity index (χ4v) is 2.60. The number of rotatable bonds is 3. The van der Waals surface area contributed by atoms with Gasteiger partial charge in [0.25, 0.3) is 5.91 Å². The van der Waals surface area contributed by atoms with Crippen molar-refractivity contribution in [2.45, 2.75) is 5.03 Å². The largest absolute Gasteiger partial charge is 0.320 e. The van der Waals surface area contributed by atoms with Gasteiger partial charge in [-0.3, -0.25) is 4.79 Å². The summed E-state index contributed by atoms with van der Waals surface area (Å²) in [6, 6.07) is 9.01. The van der Waals surface area contributed by atoms with Crippen molar-refractivity contribution in [3.8, 4) is 0 Å². The third-order valence-corrected chi connectivity index (χ3v) is 3.68. The van der Waals surface area contributed by atoms with Crippen molar-refractivity contribution in [2.24, 2.45) is 7.05 Å². The van der Waals surface area contributed by atoms with Crippen LogP contribution in [0.3, 0.4) is 0 Å². The molecule has 1 N–H and O–H groups in total. The Balaban J connectivity index is 1.96. The van der Waals surface area contributed by atoms with Gasteiger partial charge in [0.05, 0.1) is 11.3 Å². The van der Waals surface area contributed by atoms with Crippen LogP contribution in [0, 0.1) is 0 Å². The lowest BCUT2D eigenvalue weighted by molar-refractivity contribution is 0.102. The summed E-state index contributed by atoms with van der Waals surface area (Å²) in [5.41, 5.74) is 2.60. The van der Waals surface area contributed by atoms with Gasteiger partial charge < -0.3 is 5.32 Å². The van der Waals surface area contributed by atoms with E-state index in [0.717, 1.165) is 5.52 Å². The van der Waals surface area contributed by atoms with E-state index in [1.165, 1.54) is 16.6 Å². The van der Waals surface area contributed by atoms with Crippen molar-refractivity contribution in [2.75, 3.05) is 11.6 Å². The molecule has 2 heterocycles. The van der Waals surface area contributed by atoms with Gasteiger partial charge in [-0.2, -0.15) is 15.0 Å². The average molecular weight is 299 g/mol. The first-order chi connectivity index (χ1) is 10.2. The molecule has 7 heteroatoms. The minimum absolute atomic E-state index is 0.203. The summed E-state index contributed by atoms with van der Waals surface area (Å²) in [5.74, 6) is -0.203. The zero-order chi connectivity index (χ0) is 14.8. The smallest absolute Gasteiger partial charge is 0.258 e. The van der Waals surface area contributed by atoms with Gasteiger partial charge in [0.2, 0.25) is 0 Å². The molecule has 0 bridgehead atoms. The van der Waals surface area contributed by atoms with E-state index in [4.69, 9.17) is 0 Å². The highest BCUT2D eigenvalue weighted by molar-refractivity contribution is 7.98. The second-order valence-corrected chi connectivity index (χ2v) is 5.17. The third-order valence-electron chi connectivity index (χ3n) is 2.97. The Morgan fingerprint density at radius 1 is 1.24 bits per heavy atom. The predicted molar refractivity (Wildman–Crippen MR) is 82.5 cm³/mol. The van der Waals surface area contributed by atoms with Crippen molar-refractivity contribution < 1.29 is 4.79 Å². The van der Waals surface area contributed by atoms with Crippen molar-refractivity contribution >= 4 is 34.4 Å². The Morgan fingerprint density at radius 2 is 2.10 bits per heavy atom. The molecule has 0 aliphatic heterocycles. The van der Waals surface area contributed by atoms with Crippen molar-refractivity contribution in [3.63, 3.8) is 0 Å². The minimum atomic E-state index is -0.203. The van der Waals surface area contributed by atoms with Crippen molar-refractivity contribution in [1.29, 1.82) is 0 Å². The molecule has 2 aromatic heterocycles. The van der Waals surface area contributed by atoms with E-state index < -0.39 is 0 Å². The van der Waals surface area contributed by atoms with Crippen LogP contribution in [-0.4, -0.2) is 32.1 Å². The average Bonchev–Trinajstić information content (AvgIpc) is 2.88. The molecular formula is C14H13N5OS. The summed E-state index contributed by atoms with van der Waals surface area (Å²) in [5, 5.41) is 12.1. The van der Waals surface area contributed by atoms with E-state index in [2.05, 4.69) is 20.5 Å². The summed E-state index contributed by atoms with van der Waals surface area (Å²) in [7, 11) is 1.75. The molecule has 0 fully saturated rings. The Labute approximate surface area is 125 Å². The second kappa shape index (κ2) is 5.53. The second-order valence-electron chi connectivity index (χ2n) is 4.38. The van der Waals surface area contributed by atoms with Gasteiger partial charge in [-0.15, -0.1) is 11.8 Å². The summed E-state index contributed by atoms with van der Waals surface area (Å²) in [4.78, 5) is 18.1. The van der Waals surface area contributed by atoms with Crippen LogP contribution in [0.15, 0.2) is 41.6 Å². The number of aromatic nitrogens is 4. The Bertz CT molecular complexity index is 814. The van der Waals surface area contributed by atoms with E-state index in [0.29, 0.717) is 21.8 Å². The minimum Gasteiger partial charge on any atom is -0.320 e. The van der Waals surface area contributed by atoms with Gasteiger partial charge in [-0.05, 0) is 30.5 Å². The fraction of sp³-hybridized carbons (Fsp3) is 0.143. The van der Waals surface area contributed by atoms with Crippen LogP contribution in [0.4, 0.5) is 5.69 Å². The normalized spacial score (nSPS) is 10.8. The van der Waals surface area contributed by atoms with E-state index in [1.807, 2.05) is 24.5 Å². The summed E-state index contributed by atoms with van der Waals surface area (Å²) < 4.78 is 0. The number of nitrogens with zero attached hydrogens (tertiary/aromatic N) is 4. The molecule has 0 spiro atoms. The molecule has 0 saturated heterocycles. The number of carbonyl (C=O) groups is 1. The molecule has 0 aliphatic carbocycles. The molecular weight excluding hydrogens is 286 g/mol. The number of nitrogens with one attached hydrogen (secondary N) is 1. The fourth-order valence-electron chi connectivity index (χ4n) is 2.06. The number of hydrogen-bond acceptors (Lipinski definition) is 5. The monoisotopic (exact) mass is 299 g/mol. The summed E-state index contributed by atoms with van der Waals surface area (Å²) in [6.07, 6.45) is 3.56. The predicted octanol–water partition coefficient (Wildman–Crippen LogP) is 2.34. The third kappa shape index (κ3) is 2.59. The number of amides is 1. The van der Waals surface area contributed by atoms with Crippen molar-refractivity contribution in [1.82, 2.24) is 20.0 Å². The molecule has 6 nitrogen and oxygen atoms in total. The maximum atomic E-state index is 12.4. The molecule has 3 rings (SSSR count). The highest BCUT2D eigenvalue weighted by atomic mass is 32.2. The van der Waals surface area contributed by atoms with Gasteiger partial charge in [0.1, 0.15) is 16.1 Å². The quantitative estimate of drug-likeness (QED) is 0.751. The van der Waals surface area contributed by atoms with E-state index >= 15 is 0 Å². The van der Waals surface area contributed by atoms with Crippen molar-refractivity contribution in [3.05, 3.63) is 42.1 Å². The van der Waals surface area contributed by atoms with Gasteiger partial charge in [0.15, 0.2) is 0 Å². The molecule has 106 valence electrons. The Kier molecular flexibility index (Phi) is 3.57. The Hall–Kier alpha value is -2.41. The van der Waals surface area contributed by atoms with E-state index in [1.54, 1.807) is 25.4 Å². The maximum Gasteiger partial charge on any atom is 0.258 e. The number of hydrogen-bond donors (Lipinski definition) is 1. The van der Waals surface area contributed by atoms with Gasteiger partial charge in [-0.25, -0.2) is 4.98 Å². The van der Waals surface area contributed by atoms with E-state index in [9.17, 15) is 4.79 Å². The molecule has 1 amide bonds. The number of aryl methyl sites for hydroxylation is 1. The van der Waals surface area contributed by atoms with Crippen LogP contribution in [0.1, 0.15) is 10.4 Å². The number of fused-ring (bicyclic) bond motifs is 1. The van der Waals surface area contributed by atoms with Crippen LogP contribution >= 0.6 is 11.8 Å². The number of pyridine rings is 1. The van der Waals surface area contributed by atoms with Crippen LogP contribution in [0.25, 0.3) is 11.0 Å². The summed E-state index contributed by atoms with van der Waals surface area (Å²) >= 11 is 1.44. The highest BCUT2D eigenvalue weighted by Crippen LogP contribution is 2.22. The molecule has 0 radical (unpaired) electrons. The lowest BCUT2D eigenvalue weighted by Gasteiger charge is -2.07. The van der Waals surface area contributed by atoms with Gasteiger partial charge >= 0.3 is 0 Å². The van der Waals surface area contributed by atoms with Crippen LogP contribution in [0.2, 0.25) is 0 Å². The first-order valence-corrected chi connectivity index (χ1v) is 7.52. The number of benzene rings is 1. The lowest BCUT2D eigenvalue weighted by Crippen LogP contribution is -2.13. The molecule has 0 atom stereocenters. The maximum absolute atomic E-state index is 12.4. The topological polar surface area (TPSA) is 72.7 Å². The molecule has 3 aromatic rings. The molecule has 0 unspecified atom stereocenters. The summed E-state index contributed by atoms with van der Waals surface area (Å²) in [6.45, 7) is 0.